The van der Waals surface area contributed by atoms with E-state index in [9.17, 15) is 0 Å². The summed E-state index contributed by atoms with van der Waals surface area (Å²) in [4.78, 5) is 0. The highest BCUT2D eigenvalue weighted by molar-refractivity contribution is 5.46. The second kappa shape index (κ2) is 4.69. The minimum atomic E-state index is 0.453. The van der Waals surface area contributed by atoms with Gasteiger partial charge in [-0.2, -0.15) is 5.10 Å². The van der Waals surface area contributed by atoms with Crippen molar-refractivity contribution in [1.29, 1.82) is 0 Å². The van der Waals surface area contributed by atoms with E-state index in [-0.39, 0.29) is 0 Å². The van der Waals surface area contributed by atoms with Crippen molar-refractivity contribution >= 4 is 5.82 Å². The molecule has 0 saturated heterocycles. The van der Waals surface area contributed by atoms with Crippen molar-refractivity contribution < 1.29 is 0 Å². The lowest BCUT2D eigenvalue weighted by atomic mass is 9.91. The SMILES string of the molecule is CCC(CC)c1nn(C)c(N)c1C(C)C. The minimum absolute atomic E-state index is 0.453. The first-order chi connectivity index (χ1) is 7.02. The fourth-order valence-electron chi connectivity index (χ4n) is 2.14. The summed E-state index contributed by atoms with van der Waals surface area (Å²) >= 11 is 0. The van der Waals surface area contributed by atoms with Gasteiger partial charge < -0.3 is 5.73 Å². The van der Waals surface area contributed by atoms with Crippen LogP contribution in [0.5, 0.6) is 0 Å². The third-order valence-electron chi connectivity index (χ3n) is 3.11. The molecular weight excluding hydrogens is 186 g/mol. The topological polar surface area (TPSA) is 43.8 Å². The van der Waals surface area contributed by atoms with Gasteiger partial charge in [0.05, 0.1) is 5.69 Å². The lowest BCUT2D eigenvalue weighted by Crippen LogP contribution is -2.02. The van der Waals surface area contributed by atoms with Gasteiger partial charge >= 0.3 is 0 Å². The van der Waals surface area contributed by atoms with E-state index in [1.165, 1.54) is 11.3 Å². The van der Waals surface area contributed by atoms with Gasteiger partial charge in [-0.1, -0.05) is 27.7 Å². The third-order valence-corrected chi connectivity index (χ3v) is 3.11. The predicted octanol–water partition coefficient (Wildman–Crippen LogP) is 3.03. The van der Waals surface area contributed by atoms with Gasteiger partial charge in [-0.05, 0) is 18.8 Å². The summed E-state index contributed by atoms with van der Waals surface area (Å²) in [5, 5.41) is 4.57. The van der Waals surface area contributed by atoms with Gasteiger partial charge in [-0.15, -0.1) is 0 Å². The fourth-order valence-corrected chi connectivity index (χ4v) is 2.14. The van der Waals surface area contributed by atoms with Gasteiger partial charge in [0.1, 0.15) is 5.82 Å². The van der Waals surface area contributed by atoms with Gasteiger partial charge in [0, 0.05) is 18.5 Å². The summed E-state index contributed by atoms with van der Waals surface area (Å²) in [5.41, 5.74) is 8.50. The van der Waals surface area contributed by atoms with Crippen LogP contribution in [-0.2, 0) is 7.05 Å². The highest BCUT2D eigenvalue weighted by atomic mass is 15.3. The molecule has 0 fully saturated rings. The van der Waals surface area contributed by atoms with E-state index in [1.807, 2.05) is 11.7 Å². The number of aryl methyl sites for hydroxylation is 1. The molecule has 0 bridgehead atoms. The maximum atomic E-state index is 6.05. The number of aromatic nitrogens is 2. The molecule has 86 valence electrons. The summed E-state index contributed by atoms with van der Waals surface area (Å²) < 4.78 is 1.81. The number of hydrogen-bond donors (Lipinski definition) is 1. The Morgan fingerprint density at radius 3 is 2.20 bits per heavy atom. The first-order valence-corrected chi connectivity index (χ1v) is 5.85. The Hall–Kier alpha value is -0.990. The molecule has 1 aromatic heterocycles. The van der Waals surface area contributed by atoms with Crippen LogP contribution in [0.1, 0.15) is 63.6 Å². The normalized spacial score (nSPS) is 11.7. The summed E-state index contributed by atoms with van der Waals surface area (Å²) in [6.07, 6.45) is 2.26. The lowest BCUT2D eigenvalue weighted by Gasteiger charge is -2.13. The van der Waals surface area contributed by atoms with Crippen LogP contribution in [0.25, 0.3) is 0 Å². The van der Waals surface area contributed by atoms with Crippen LogP contribution in [-0.4, -0.2) is 9.78 Å². The van der Waals surface area contributed by atoms with Crippen molar-refractivity contribution in [2.24, 2.45) is 7.05 Å². The number of nitrogens with two attached hydrogens (primary N) is 1. The molecule has 15 heavy (non-hydrogen) atoms. The largest absolute Gasteiger partial charge is 0.384 e. The van der Waals surface area contributed by atoms with Gasteiger partial charge in [0.25, 0.3) is 0 Å². The summed E-state index contributed by atoms with van der Waals surface area (Å²) in [6.45, 7) is 8.78. The second-order valence-electron chi connectivity index (χ2n) is 4.48. The molecule has 0 aromatic carbocycles. The van der Waals surface area contributed by atoms with Crippen molar-refractivity contribution in [1.82, 2.24) is 9.78 Å². The van der Waals surface area contributed by atoms with Crippen molar-refractivity contribution in [3.8, 4) is 0 Å². The van der Waals surface area contributed by atoms with Crippen LogP contribution in [0.15, 0.2) is 0 Å². The van der Waals surface area contributed by atoms with Gasteiger partial charge in [-0.25, -0.2) is 0 Å². The molecular formula is C12H23N3. The average Bonchev–Trinajstić information content (AvgIpc) is 2.45. The Bertz CT molecular complexity index is 322. The molecule has 1 heterocycles. The second-order valence-corrected chi connectivity index (χ2v) is 4.48. The van der Waals surface area contributed by atoms with E-state index in [0.717, 1.165) is 18.7 Å². The molecule has 0 saturated carbocycles. The zero-order valence-electron chi connectivity index (χ0n) is 10.5. The molecule has 0 radical (unpaired) electrons. The number of rotatable bonds is 4. The molecule has 0 atom stereocenters. The Morgan fingerprint density at radius 1 is 1.27 bits per heavy atom. The van der Waals surface area contributed by atoms with Crippen LogP contribution < -0.4 is 5.73 Å². The zero-order chi connectivity index (χ0) is 11.6. The highest BCUT2D eigenvalue weighted by Crippen LogP contribution is 2.33. The van der Waals surface area contributed by atoms with Crippen molar-refractivity contribution in [2.45, 2.75) is 52.4 Å². The van der Waals surface area contributed by atoms with Crippen molar-refractivity contribution in [3.63, 3.8) is 0 Å². The predicted molar refractivity (Wildman–Crippen MR) is 65.0 cm³/mol. The Kier molecular flexibility index (Phi) is 3.77. The van der Waals surface area contributed by atoms with Crippen molar-refractivity contribution in [3.05, 3.63) is 11.3 Å². The molecule has 3 heteroatoms. The monoisotopic (exact) mass is 209 g/mol. The van der Waals surface area contributed by atoms with E-state index < -0.39 is 0 Å². The third kappa shape index (κ3) is 2.16. The summed E-state index contributed by atoms with van der Waals surface area (Å²) in [6, 6.07) is 0. The molecule has 2 N–H and O–H groups in total. The van der Waals surface area contributed by atoms with E-state index >= 15 is 0 Å². The smallest absolute Gasteiger partial charge is 0.125 e. The Labute approximate surface area is 92.7 Å². The molecule has 0 spiro atoms. The number of nitrogen functional groups attached to an aromatic ring is 1. The molecule has 0 aliphatic rings. The van der Waals surface area contributed by atoms with Gasteiger partial charge in [0.15, 0.2) is 0 Å². The van der Waals surface area contributed by atoms with E-state index in [1.54, 1.807) is 0 Å². The van der Waals surface area contributed by atoms with E-state index in [4.69, 9.17) is 5.73 Å². The number of nitrogens with zero attached hydrogens (tertiary/aromatic N) is 2. The molecule has 1 aromatic rings. The van der Waals surface area contributed by atoms with Crippen LogP contribution in [0.4, 0.5) is 5.82 Å². The molecule has 0 amide bonds. The van der Waals surface area contributed by atoms with Crippen molar-refractivity contribution in [2.75, 3.05) is 5.73 Å². The number of hydrogen-bond acceptors (Lipinski definition) is 2. The quantitative estimate of drug-likeness (QED) is 0.828. The molecule has 1 rings (SSSR count). The standard InChI is InChI=1S/C12H23N3/c1-6-9(7-2)11-10(8(3)4)12(13)15(5)14-11/h8-9H,6-7,13H2,1-5H3. The number of anilines is 1. The van der Waals surface area contributed by atoms with Crippen LogP contribution in [0.3, 0.4) is 0 Å². The molecule has 0 aliphatic carbocycles. The minimum Gasteiger partial charge on any atom is -0.384 e. The maximum absolute atomic E-state index is 6.05. The Balaban J connectivity index is 3.22. The van der Waals surface area contributed by atoms with Crippen LogP contribution in [0, 0.1) is 0 Å². The molecule has 0 unspecified atom stereocenters. The maximum Gasteiger partial charge on any atom is 0.125 e. The molecule has 3 nitrogen and oxygen atoms in total. The Morgan fingerprint density at radius 2 is 1.80 bits per heavy atom. The van der Waals surface area contributed by atoms with Crippen LogP contribution in [0.2, 0.25) is 0 Å². The zero-order valence-corrected chi connectivity index (χ0v) is 10.5. The van der Waals surface area contributed by atoms with Gasteiger partial charge in [-0.3, -0.25) is 4.68 Å². The molecule has 0 aliphatic heterocycles. The summed E-state index contributed by atoms with van der Waals surface area (Å²) in [7, 11) is 1.92. The first kappa shape index (κ1) is 12.1. The van der Waals surface area contributed by atoms with E-state index in [2.05, 4.69) is 32.8 Å². The van der Waals surface area contributed by atoms with Gasteiger partial charge in [0.2, 0.25) is 0 Å². The average molecular weight is 209 g/mol. The van der Waals surface area contributed by atoms with Crippen LogP contribution >= 0.6 is 0 Å². The summed E-state index contributed by atoms with van der Waals surface area (Å²) in [5.74, 6) is 1.83. The highest BCUT2D eigenvalue weighted by Gasteiger charge is 2.21. The fraction of sp³-hybridized carbons (Fsp3) is 0.750. The lowest BCUT2D eigenvalue weighted by molar-refractivity contribution is 0.597. The van der Waals surface area contributed by atoms with E-state index in [0.29, 0.717) is 11.8 Å². The first-order valence-electron chi connectivity index (χ1n) is 5.85.